The molecule has 0 radical (unpaired) electrons. The summed E-state index contributed by atoms with van der Waals surface area (Å²) in [5, 5.41) is 0. The standard InChI is InChI=1S/C24H27NO8S/c1-5-34(28,29)25-11-10-16-12-17(6-8-19(16)25)20(26)15-33-24(27)9-7-18-13-22(31-3)23(32-4)14-21(18)30-2/h6-9,12-14H,5,10-11,15H2,1-4H3/b9-7+. The minimum Gasteiger partial charge on any atom is -0.496 e. The number of anilines is 1. The number of carbonyl (C=O) groups excluding carboxylic acids is 2. The highest BCUT2D eigenvalue weighted by atomic mass is 32.2. The van der Waals surface area contributed by atoms with Crippen LogP contribution < -0.4 is 18.5 Å². The first kappa shape index (κ1) is 25.1. The maximum atomic E-state index is 12.5. The van der Waals surface area contributed by atoms with Crippen LogP contribution in [-0.2, 0) is 26.0 Å². The second kappa shape index (κ2) is 10.6. The molecule has 0 atom stereocenters. The van der Waals surface area contributed by atoms with E-state index in [1.165, 1.54) is 37.8 Å². The van der Waals surface area contributed by atoms with Gasteiger partial charge < -0.3 is 18.9 Å². The summed E-state index contributed by atoms with van der Waals surface area (Å²) in [5.41, 5.74) is 2.28. The summed E-state index contributed by atoms with van der Waals surface area (Å²) in [6, 6.07) is 8.10. The Bertz CT molecular complexity index is 1220. The van der Waals surface area contributed by atoms with Crippen LogP contribution in [0.4, 0.5) is 5.69 Å². The quantitative estimate of drug-likeness (QED) is 0.285. The van der Waals surface area contributed by atoms with E-state index in [9.17, 15) is 18.0 Å². The molecule has 34 heavy (non-hydrogen) atoms. The number of hydrogen-bond acceptors (Lipinski definition) is 8. The Labute approximate surface area is 198 Å². The molecule has 1 aliphatic rings. The van der Waals surface area contributed by atoms with Gasteiger partial charge in [0.25, 0.3) is 0 Å². The minimum atomic E-state index is -3.36. The molecule has 3 rings (SSSR count). The monoisotopic (exact) mass is 489 g/mol. The van der Waals surface area contributed by atoms with E-state index in [4.69, 9.17) is 18.9 Å². The fourth-order valence-electron chi connectivity index (χ4n) is 3.60. The molecule has 0 amide bonds. The van der Waals surface area contributed by atoms with Crippen LogP contribution in [0.3, 0.4) is 0 Å². The van der Waals surface area contributed by atoms with E-state index in [0.29, 0.717) is 47.0 Å². The number of sulfonamides is 1. The topological polar surface area (TPSA) is 108 Å². The van der Waals surface area contributed by atoms with Crippen molar-refractivity contribution < 1.29 is 37.0 Å². The zero-order chi connectivity index (χ0) is 24.9. The van der Waals surface area contributed by atoms with Gasteiger partial charge in [-0.1, -0.05) is 0 Å². The van der Waals surface area contributed by atoms with E-state index in [0.717, 1.165) is 5.56 Å². The van der Waals surface area contributed by atoms with Gasteiger partial charge in [-0.15, -0.1) is 0 Å². The van der Waals surface area contributed by atoms with Gasteiger partial charge in [-0.2, -0.15) is 0 Å². The van der Waals surface area contributed by atoms with Crippen LogP contribution in [0.1, 0.15) is 28.4 Å². The second-order valence-corrected chi connectivity index (χ2v) is 9.56. The van der Waals surface area contributed by atoms with Gasteiger partial charge in [0.2, 0.25) is 10.0 Å². The number of esters is 1. The molecule has 9 nitrogen and oxygen atoms in total. The predicted molar refractivity (Wildman–Crippen MR) is 127 cm³/mol. The second-order valence-electron chi connectivity index (χ2n) is 7.38. The largest absolute Gasteiger partial charge is 0.496 e. The first-order chi connectivity index (χ1) is 16.2. The molecule has 0 saturated heterocycles. The average Bonchev–Trinajstić information content (AvgIpc) is 3.29. The number of methoxy groups -OCH3 is 3. The summed E-state index contributed by atoms with van der Waals surface area (Å²) in [5.74, 6) is 0.334. The number of hydrogen-bond donors (Lipinski definition) is 0. The van der Waals surface area contributed by atoms with Gasteiger partial charge in [0, 0.05) is 29.8 Å². The third kappa shape index (κ3) is 5.33. The van der Waals surface area contributed by atoms with Gasteiger partial charge >= 0.3 is 5.97 Å². The maximum absolute atomic E-state index is 12.5. The molecule has 1 aliphatic heterocycles. The lowest BCUT2D eigenvalue weighted by Gasteiger charge is -2.18. The third-order valence-electron chi connectivity index (χ3n) is 5.44. The van der Waals surface area contributed by atoms with Gasteiger partial charge in [-0.3, -0.25) is 9.10 Å². The van der Waals surface area contributed by atoms with Crippen molar-refractivity contribution in [3.8, 4) is 17.2 Å². The molecule has 0 bridgehead atoms. The van der Waals surface area contributed by atoms with Gasteiger partial charge in [0.1, 0.15) is 5.75 Å². The third-order valence-corrected chi connectivity index (χ3v) is 7.22. The summed E-state index contributed by atoms with van der Waals surface area (Å²) in [6.07, 6.45) is 3.20. The Morgan fingerprint density at radius 3 is 2.32 bits per heavy atom. The van der Waals surface area contributed by atoms with Gasteiger partial charge in [0.05, 0.1) is 32.8 Å². The Hall–Kier alpha value is -3.53. The van der Waals surface area contributed by atoms with Crippen molar-refractivity contribution in [1.82, 2.24) is 0 Å². The van der Waals surface area contributed by atoms with E-state index < -0.39 is 22.6 Å². The molecule has 1 heterocycles. The van der Waals surface area contributed by atoms with Crippen molar-refractivity contribution in [1.29, 1.82) is 0 Å². The summed E-state index contributed by atoms with van der Waals surface area (Å²) >= 11 is 0. The van der Waals surface area contributed by atoms with Gasteiger partial charge in [0.15, 0.2) is 23.9 Å². The molecular formula is C24H27NO8S. The van der Waals surface area contributed by atoms with Gasteiger partial charge in [-0.25, -0.2) is 13.2 Å². The maximum Gasteiger partial charge on any atom is 0.331 e. The van der Waals surface area contributed by atoms with Crippen LogP contribution >= 0.6 is 0 Å². The van der Waals surface area contributed by atoms with Crippen LogP contribution in [0.5, 0.6) is 17.2 Å². The van der Waals surface area contributed by atoms with E-state index in [1.54, 1.807) is 37.3 Å². The number of fused-ring (bicyclic) bond motifs is 1. The van der Waals surface area contributed by atoms with Crippen molar-refractivity contribution in [3.05, 3.63) is 53.1 Å². The van der Waals surface area contributed by atoms with Crippen molar-refractivity contribution in [2.24, 2.45) is 0 Å². The molecule has 10 heteroatoms. The van der Waals surface area contributed by atoms with E-state index in [-0.39, 0.29) is 11.5 Å². The van der Waals surface area contributed by atoms with E-state index >= 15 is 0 Å². The lowest BCUT2D eigenvalue weighted by Crippen LogP contribution is -2.30. The molecule has 0 spiro atoms. The van der Waals surface area contributed by atoms with E-state index in [1.807, 2.05) is 0 Å². The summed E-state index contributed by atoms with van der Waals surface area (Å²) < 4.78 is 46.7. The first-order valence-electron chi connectivity index (χ1n) is 10.6. The molecule has 0 aromatic heterocycles. The predicted octanol–water partition coefficient (Wildman–Crippen LogP) is 2.86. The number of ether oxygens (including phenoxy) is 4. The van der Waals surface area contributed by atoms with E-state index in [2.05, 4.69) is 0 Å². The molecule has 0 N–H and O–H groups in total. The minimum absolute atomic E-state index is 0.00573. The Balaban J connectivity index is 1.65. The fraction of sp³-hybridized carbons (Fsp3) is 0.333. The van der Waals surface area contributed by atoms with Crippen molar-refractivity contribution in [2.45, 2.75) is 13.3 Å². The van der Waals surface area contributed by atoms with Gasteiger partial charge in [-0.05, 0) is 49.2 Å². The van der Waals surface area contributed by atoms with Crippen molar-refractivity contribution >= 4 is 33.5 Å². The highest BCUT2D eigenvalue weighted by molar-refractivity contribution is 7.92. The van der Waals surface area contributed by atoms with Crippen LogP contribution in [0.2, 0.25) is 0 Å². The Morgan fingerprint density at radius 1 is 1.00 bits per heavy atom. The lowest BCUT2D eigenvalue weighted by molar-refractivity contribution is -0.136. The zero-order valence-electron chi connectivity index (χ0n) is 19.5. The SMILES string of the molecule is CCS(=O)(=O)N1CCc2cc(C(=O)COC(=O)/C=C/c3cc(OC)c(OC)cc3OC)ccc21. The molecule has 182 valence electrons. The summed E-state index contributed by atoms with van der Waals surface area (Å²) in [4.78, 5) is 24.7. The lowest BCUT2D eigenvalue weighted by atomic mass is 10.1. The number of carbonyl (C=O) groups is 2. The molecular weight excluding hydrogens is 462 g/mol. The average molecular weight is 490 g/mol. The number of Topliss-reactive ketones (excluding diaryl/α,β-unsaturated/α-hetero) is 1. The molecule has 0 fully saturated rings. The molecule has 0 unspecified atom stereocenters. The fourth-order valence-corrected chi connectivity index (χ4v) is 4.76. The van der Waals surface area contributed by atoms with Crippen LogP contribution in [0.25, 0.3) is 6.08 Å². The Kier molecular flexibility index (Phi) is 7.83. The number of benzene rings is 2. The zero-order valence-corrected chi connectivity index (χ0v) is 20.3. The Morgan fingerprint density at radius 2 is 1.68 bits per heavy atom. The van der Waals surface area contributed by atoms with Crippen LogP contribution in [0.15, 0.2) is 36.4 Å². The van der Waals surface area contributed by atoms with Crippen LogP contribution in [0, 0.1) is 0 Å². The highest BCUT2D eigenvalue weighted by Crippen LogP contribution is 2.35. The van der Waals surface area contributed by atoms with Crippen molar-refractivity contribution in [2.75, 3.05) is 44.5 Å². The molecule has 2 aromatic carbocycles. The number of ketones is 1. The normalized spacial score (nSPS) is 13.0. The molecule has 0 saturated carbocycles. The smallest absolute Gasteiger partial charge is 0.331 e. The number of nitrogens with zero attached hydrogens (tertiary/aromatic N) is 1. The molecule has 2 aromatic rings. The molecule has 0 aliphatic carbocycles. The first-order valence-corrected chi connectivity index (χ1v) is 12.2. The summed E-state index contributed by atoms with van der Waals surface area (Å²) in [6.45, 7) is 1.50. The summed E-state index contributed by atoms with van der Waals surface area (Å²) in [7, 11) is 1.13. The highest BCUT2D eigenvalue weighted by Gasteiger charge is 2.28. The number of rotatable bonds is 10. The van der Waals surface area contributed by atoms with Crippen LogP contribution in [-0.4, -0.2) is 60.4 Å². The van der Waals surface area contributed by atoms with Crippen molar-refractivity contribution in [3.63, 3.8) is 0 Å².